The lowest BCUT2D eigenvalue weighted by atomic mass is 10.1. The first-order valence-corrected chi connectivity index (χ1v) is 10.0. The highest BCUT2D eigenvalue weighted by Crippen LogP contribution is 2.40. The van der Waals surface area contributed by atoms with Gasteiger partial charge in [0.15, 0.2) is 8.32 Å². The summed E-state index contributed by atoms with van der Waals surface area (Å²) in [7, 11) is -1.75. The van der Waals surface area contributed by atoms with Crippen LogP contribution in [-0.4, -0.2) is 14.2 Å². The molecule has 1 aromatic rings. The second-order valence-corrected chi connectivity index (χ2v) is 11.4. The predicted octanol–water partition coefficient (Wildman–Crippen LogP) is 5.38. The van der Waals surface area contributed by atoms with E-state index in [1.54, 1.807) is 0 Å². The Kier molecular flexibility index (Phi) is 5.44. The first-order valence-electron chi connectivity index (χ1n) is 6.56. The second kappa shape index (κ2) is 6.22. The van der Waals surface area contributed by atoms with E-state index < -0.39 is 8.32 Å². The van der Waals surface area contributed by atoms with Gasteiger partial charge in [0.05, 0.1) is 6.10 Å². The van der Waals surface area contributed by atoms with E-state index in [0.717, 1.165) is 6.42 Å². The van der Waals surface area contributed by atoms with Gasteiger partial charge in [-0.1, -0.05) is 51.1 Å². The second-order valence-electron chi connectivity index (χ2n) is 6.26. The predicted molar refractivity (Wildman–Crippen MR) is 82.8 cm³/mol. The van der Waals surface area contributed by atoms with E-state index in [0.29, 0.717) is 5.88 Å². The van der Waals surface area contributed by atoms with Gasteiger partial charge in [-0.3, -0.25) is 0 Å². The molecular weight excluding hydrogens is 260 g/mol. The van der Waals surface area contributed by atoms with Crippen LogP contribution < -0.4 is 0 Å². The zero-order chi connectivity index (χ0) is 13.8. The summed E-state index contributed by atoms with van der Waals surface area (Å²) in [5, 5.41) is 0.229. The molecule has 0 amide bonds. The van der Waals surface area contributed by atoms with E-state index in [1.807, 2.05) is 6.07 Å². The van der Waals surface area contributed by atoms with Crippen LogP contribution in [0.1, 0.15) is 38.9 Å². The summed E-state index contributed by atoms with van der Waals surface area (Å²) in [4.78, 5) is 0. The molecule has 1 aromatic carbocycles. The monoisotopic (exact) mass is 284 g/mol. The third-order valence-electron chi connectivity index (χ3n) is 3.79. The van der Waals surface area contributed by atoms with Gasteiger partial charge in [0.2, 0.25) is 0 Å². The smallest absolute Gasteiger partial charge is 0.192 e. The van der Waals surface area contributed by atoms with Gasteiger partial charge in [-0.05, 0) is 30.1 Å². The Balaban J connectivity index is 2.88. The van der Waals surface area contributed by atoms with Gasteiger partial charge in [-0.15, -0.1) is 11.6 Å². The topological polar surface area (TPSA) is 9.23 Å². The highest BCUT2D eigenvalue weighted by molar-refractivity contribution is 6.74. The Morgan fingerprint density at radius 2 is 1.72 bits per heavy atom. The minimum Gasteiger partial charge on any atom is -0.410 e. The van der Waals surface area contributed by atoms with Gasteiger partial charge >= 0.3 is 0 Å². The number of rotatable bonds is 5. The average Bonchev–Trinajstić information content (AvgIpc) is 2.28. The first kappa shape index (κ1) is 15.7. The molecule has 0 radical (unpaired) electrons. The van der Waals surface area contributed by atoms with Crippen LogP contribution in [0.3, 0.4) is 0 Å². The quantitative estimate of drug-likeness (QED) is 0.521. The Morgan fingerprint density at radius 3 is 2.17 bits per heavy atom. The van der Waals surface area contributed by atoms with Crippen LogP contribution in [0.15, 0.2) is 30.3 Å². The minimum atomic E-state index is -1.75. The maximum absolute atomic E-state index is 6.48. The summed E-state index contributed by atoms with van der Waals surface area (Å²) < 4.78 is 6.48. The van der Waals surface area contributed by atoms with Crippen LogP contribution in [0, 0.1) is 0 Å². The summed E-state index contributed by atoms with van der Waals surface area (Å²) in [6.45, 7) is 11.4. The van der Waals surface area contributed by atoms with Crippen molar-refractivity contribution in [1.29, 1.82) is 0 Å². The van der Waals surface area contributed by atoms with E-state index in [1.165, 1.54) is 5.56 Å². The van der Waals surface area contributed by atoms with Crippen molar-refractivity contribution in [2.75, 3.05) is 5.88 Å². The van der Waals surface area contributed by atoms with Crippen molar-refractivity contribution in [3.8, 4) is 0 Å². The van der Waals surface area contributed by atoms with Crippen LogP contribution in [0.2, 0.25) is 18.1 Å². The number of alkyl halides is 1. The molecule has 1 nitrogen and oxygen atoms in total. The molecule has 1 rings (SSSR count). The maximum atomic E-state index is 6.48. The lowest BCUT2D eigenvalue weighted by Crippen LogP contribution is -2.41. The van der Waals surface area contributed by atoms with Crippen LogP contribution in [0.4, 0.5) is 0 Å². The average molecular weight is 285 g/mol. The summed E-state index contributed by atoms with van der Waals surface area (Å²) >= 11 is 5.92. The van der Waals surface area contributed by atoms with Gasteiger partial charge in [0.25, 0.3) is 0 Å². The minimum absolute atomic E-state index is 0.129. The molecule has 0 aliphatic carbocycles. The number of hydrogen-bond donors (Lipinski definition) is 0. The molecule has 0 aromatic heterocycles. The molecule has 0 fully saturated rings. The molecule has 0 N–H and O–H groups in total. The molecule has 1 atom stereocenters. The van der Waals surface area contributed by atoms with Crippen LogP contribution >= 0.6 is 11.6 Å². The normalized spacial score (nSPS) is 14.6. The Morgan fingerprint density at radius 1 is 1.17 bits per heavy atom. The third-order valence-corrected chi connectivity index (χ3v) is 8.49. The maximum Gasteiger partial charge on any atom is 0.192 e. The zero-order valence-electron chi connectivity index (χ0n) is 12.2. The standard InChI is InChI=1S/C15H25ClOSi/c1-15(2,3)18(4,5)17-14(11-12-16)13-9-7-6-8-10-13/h6-10,14H,11-12H2,1-5H3. The highest BCUT2D eigenvalue weighted by atomic mass is 35.5. The molecule has 0 saturated carbocycles. The zero-order valence-corrected chi connectivity index (χ0v) is 13.9. The van der Waals surface area contributed by atoms with Crippen molar-refractivity contribution in [3.05, 3.63) is 35.9 Å². The van der Waals surface area contributed by atoms with Crippen molar-refractivity contribution in [3.63, 3.8) is 0 Å². The van der Waals surface area contributed by atoms with Crippen LogP contribution in [0.25, 0.3) is 0 Å². The van der Waals surface area contributed by atoms with Crippen LogP contribution in [0.5, 0.6) is 0 Å². The lowest BCUT2D eigenvalue weighted by molar-refractivity contribution is 0.180. The van der Waals surface area contributed by atoms with Crippen molar-refractivity contribution >= 4 is 19.9 Å². The van der Waals surface area contributed by atoms with Crippen molar-refractivity contribution in [2.45, 2.75) is 51.4 Å². The van der Waals surface area contributed by atoms with Gasteiger partial charge < -0.3 is 4.43 Å². The SMILES string of the molecule is CC(C)(C)[Si](C)(C)OC(CCCl)c1ccccc1. The lowest BCUT2D eigenvalue weighted by Gasteiger charge is -2.39. The Hall–Kier alpha value is -0.313. The number of hydrogen-bond acceptors (Lipinski definition) is 1. The molecule has 0 heterocycles. The molecule has 0 aliphatic rings. The van der Waals surface area contributed by atoms with Gasteiger partial charge in [0.1, 0.15) is 0 Å². The Labute approximate surface area is 118 Å². The van der Waals surface area contributed by atoms with E-state index in [4.69, 9.17) is 16.0 Å². The highest BCUT2D eigenvalue weighted by Gasteiger charge is 2.39. The molecule has 0 bridgehead atoms. The molecule has 3 heteroatoms. The third kappa shape index (κ3) is 4.11. The summed E-state index contributed by atoms with van der Waals surface area (Å²) in [5.41, 5.74) is 1.24. The fraction of sp³-hybridized carbons (Fsp3) is 0.600. The summed E-state index contributed by atoms with van der Waals surface area (Å²) in [5.74, 6) is 0.633. The molecule has 102 valence electrons. The molecular formula is C15H25ClOSi. The first-order chi connectivity index (χ1) is 8.28. The largest absolute Gasteiger partial charge is 0.410 e. The van der Waals surface area contributed by atoms with E-state index in [-0.39, 0.29) is 11.1 Å². The Bertz CT molecular complexity index is 357. The molecule has 0 saturated heterocycles. The van der Waals surface area contributed by atoms with E-state index >= 15 is 0 Å². The van der Waals surface area contributed by atoms with Crippen molar-refractivity contribution < 1.29 is 4.43 Å². The van der Waals surface area contributed by atoms with Gasteiger partial charge in [0, 0.05) is 5.88 Å². The number of halogens is 1. The fourth-order valence-corrected chi connectivity index (χ4v) is 3.11. The molecule has 18 heavy (non-hydrogen) atoms. The molecule has 0 spiro atoms. The van der Waals surface area contributed by atoms with Gasteiger partial charge in [-0.25, -0.2) is 0 Å². The van der Waals surface area contributed by atoms with Crippen molar-refractivity contribution in [1.82, 2.24) is 0 Å². The van der Waals surface area contributed by atoms with Gasteiger partial charge in [-0.2, -0.15) is 0 Å². The summed E-state index contributed by atoms with van der Waals surface area (Å²) in [6.07, 6.45) is 1.00. The van der Waals surface area contributed by atoms with Crippen molar-refractivity contribution in [2.24, 2.45) is 0 Å². The molecule has 1 unspecified atom stereocenters. The number of benzene rings is 1. The summed E-state index contributed by atoms with van der Waals surface area (Å²) in [6, 6.07) is 10.4. The fourth-order valence-electron chi connectivity index (χ4n) is 1.59. The van der Waals surface area contributed by atoms with Crippen LogP contribution in [-0.2, 0) is 4.43 Å². The van der Waals surface area contributed by atoms with E-state index in [9.17, 15) is 0 Å². The van der Waals surface area contributed by atoms with E-state index in [2.05, 4.69) is 58.1 Å². The molecule has 0 aliphatic heterocycles.